The van der Waals surface area contributed by atoms with Crippen LogP contribution in [0.25, 0.3) is 0 Å². The number of ketones is 2. The van der Waals surface area contributed by atoms with Gasteiger partial charge in [0.05, 0.1) is 0 Å². The zero-order chi connectivity index (χ0) is 46.6. The first-order valence-electron chi connectivity index (χ1n) is 15.0. The second kappa shape index (κ2) is 10.2. The minimum Gasteiger partial charge on any atom is -0.388 e. The molecule has 340 valence electrons. The van der Waals surface area contributed by atoms with Crippen LogP contribution in [-0.4, -0.2) is 151 Å². The maximum atomic E-state index is 16.4. The molecule has 8 bridgehead atoms. The van der Waals surface area contributed by atoms with Crippen molar-refractivity contribution in [2.75, 3.05) is 0 Å². The summed E-state index contributed by atoms with van der Waals surface area (Å²) in [6.07, 6.45) is -17.2. The fourth-order valence-corrected chi connectivity index (χ4v) is 8.44. The third-order valence-corrected chi connectivity index (χ3v) is 11.6. The van der Waals surface area contributed by atoms with Crippen LogP contribution < -0.4 is 0 Å². The molecule has 0 aromatic heterocycles. The number of hydrogen-bond donors (Lipinski definition) is 2. The third kappa shape index (κ3) is 3.15. The van der Waals surface area contributed by atoms with Gasteiger partial charge in [0.2, 0.25) is 11.6 Å². The Balaban J connectivity index is 1.55. The van der Waals surface area contributed by atoms with Gasteiger partial charge in [-0.2, -0.15) is 70.2 Å². The minimum absolute atomic E-state index is 0.375. The lowest BCUT2D eigenvalue weighted by molar-refractivity contribution is -0.571. The molecule has 0 aromatic carbocycles. The lowest BCUT2D eigenvalue weighted by atomic mass is 9.41. The Morgan fingerprint density at radius 2 is 0.559 bits per heavy atom. The summed E-state index contributed by atoms with van der Waals surface area (Å²) in [4.78, 5) is 24.7. The van der Waals surface area contributed by atoms with Crippen molar-refractivity contribution in [2.24, 2.45) is 0 Å². The molecule has 8 rings (SSSR count). The van der Waals surface area contributed by atoms with Crippen LogP contribution in [0.3, 0.4) is 0 Å². The molecule has 2 N–H and O–H groups in total. The van der Waals surface area contributed by atoms with E-state index >= 15 is 96.6 Å². The Morgan fingerprint density at radius 3 is 0.780 bits per heavy atom. The van der Waals surface area contributed by atoms with E-state index in [-0.39, 0.29) is 13.8 Å². The largest absolute Gasteiger partial charge is 0.388 e. The van der Waals surface area contributed by atoms with Gasteiger partial charge in [-0.3, -0.25) is 9.59 Å². The van der Waals surface area contributed by atoms with E-state index in [0.717, 1.165) is 0 Å². The van der Waals surface area contributed by atoms with E-state index in [4.69, 9.17) is 0 Å². The number of carbonyl (C=O) groups is 2. The van der Waals surface area contributed by atoms with Crippen LogP contribution in [0.15, 0.2) is 0 Å². The summed E-state index contributed by atoms with van der Waals surface area (Å²) in [7, 11) is 0. The van der Waals surface area contributed by atoms with Gasteiger partial charge in [0.15, 0.2) is 12.6 Å². The van der Waals surface area contributed by atoms with Gasteiger partial charge >= 0.3 is 93.1 Å². The average Bonchev–Trinajstić information content (AvgIpc) is 3.09. The Kier molecular flexibility index (Phi) is 7.95. The molecule has 0 radical (unpaired) electrons. The Hall–Kier alpha value is -2.68. The van der Waals surface area contributed by atoms with Crippen molar-refractivity contribution in [2.45, 2.75) is 143 Å². The van der Waals surface area contributed by atoms with Gasteiger partial charge in [-0.15, -0.1) is 0 Å². The van der Waals surface area contributed by atoms with E-state index < -0.39 is 141 Å². The van der Waals surface area contributed by atoms with Gasteiger partial charge in [0, 0.05) is 0 Å². The molecule has 8 aliphatic carbocycles. The minimum atomic E-state index is -8.37. The molecule has 7 nitrogen and oxygen atoms in total. The zero-order valence-corrected chi connectivity index (χ0v) is 27.1. The van der Waals surface area contributed by atoms with Crippen LogP contribution in [0, 0.1) is 0 Å². The van der Waals surface area contributed by atoms with Gasteiger partial charge in [-0.1, -0.05) is 0 Å². The summed E-state index contributed by atoms with van der Waals surface area (Å²) >= 11 is 0. The quantitative estimate of drug-likeness (QED) is 0.237. The van der Waals surface area contributed by atoms with Crippen LogP contribution in [0.1, 0.15) is 13.8 Å². The SMILES string of the molecule is CC(O)C(OC(OC1(F)C2(F)C(=O)C3(F)C(F)(F)C(F)(C2(F)F)C(F)(F)C1(F)C3(F)F)C(C)O)OC1(F)C2(F)C(=O)C3(F)C(F)(F)C(F)(C2(F)F)C(F)(F)C1(F)C3(F)F. The number of halogens is 26. The second-order valence-electron chi connectivity index (χ2n) is 14.3. The average molecular weight is 930 g/mol. The monoisotopic (exact) mass is 930 g/mol. The molecule has 0 aliphatic heterocycles. The van der Waals surface area contributed by atoms with Crippen molar-refractivity contribution in [3.8, 4) is 0 Å². The molecular formula is C26H12F26O7. The first-order chi connectivity index (χ1) is 25.6. The second-order valence-corrected chi connectivity index (χ2v) is 14.3. The molecule has 14 unspecified atom stereocenters. The summed E-state index contributed by atoms with van der Waals surface area (Å²) in [5.41, 5.74) is -63.5. The maximum Gasteiger partial charge on any atom is 0.340 e. The number of aliphatic hydroxyl groups excluding tert-OH is 2. The molecule has 8 fully saturated rings. The van der Waals surface area contributed by atoms with E-state index in [1.54, 1.807) is 0 Å². The van der Waals surface area contributed by atoms with Crippen LogP contribution >= 0.6 is 0 Å². The zero-order valence-electron chi connectivity index (χ0n) is 27.1. The Labute approximate surface area is 303 Å². The molecule has 0 heterocycles. The highest BCUT2D eigenvalue weighted by Gasteiger charge is 3.22. The number of rotatable bonds is 8. The summed E-state index contributed by atoms with van der Waals surface area (Å²) < 4.78 is 408. The molecule has 8 aliphatic rings. The summed E-state index contributed by atoms with van der Waals surface area (Å²) in [6, 6.07) is 0. The summed E-state index contributed by atoms with van der Waals surface area (Å²) in [5.74, 6) is -91.3. The van der Waals surface area contributed by atoms with Crippen molar-refractivity contribution >= 4 is 11.6 Å². The van der Waals surface area contributed by atoms with Crippen LogP contribution in [0.4, 0.5) is 114 Å². The highest BCUT2D eigenvalue weighted by atomic mass is 19.4. The molecule has 33 heteroatoms. The van der Waals surface area contributed by atoms with Gasteiger partial charge in [-0.25, -0.2) is 43.9 Å². The molecule has 14 atom stereocenters. The molecule has 8 saturated carbocycles. The molecular weight excluding hydrogens is 918 g/mol. The lowest BCUT2D eigenvalue weighted by Crippen LogP contribution is -3.07. The van der Waals surface area contributed by atoms with E-state index in [1.807, 2.05) is 0 Å². The third-order valence-electron chi connectivity index (χ3n) is 11.6. The predicted molar refractivity (Wildman–Crippen MR) is 122 cm³/mol. The highest BCUT2D eigenvalue weighted by molar-refractivity contribution is 6.05. The predicted octanol–water partition coefficient (Wildman–Crippen LogP) is 5.75. The van der Waals surface area contributed by atoms with E-state index in [1.165, 1.54) is 0 Å². The van der Waals surface area contributed by atoms with Gasteiger partial charge in [0.1, 0.15) is 12.2 Å². The van der Waals surface area contributed by atoms with Crippen LogP contribution in [-0.2, 0) is 23.8 Å². The molecule has 0 spiro atoms. The maximum absolute atomic E-state index is 16.4. The van der Waals surface area contributed by atoms with Gasteiger partial charge in [0.25, 0.3) is 11.3 Å². The molecule has 0 amide bonds. The molecule has 59 heavy (non-hydrogen) atoms. The van der Waals surface area contributed by atoms with E-state index in [0.29, 0.717) is 0 Å². The number of Topliss-reactive ketones (excluding diaryl/α,β-unsaturated/α-hetero) is 2. The number of aliphatic hydroxyl groups is 2. The van der Waals surface area contributed by atoms with E-state index in [9.17, 15) is 37.4 Å². The molecule has 0 saturated heterocycles. The number of alkyl halides is 26. The number of ether oxygens (including phenoxy) is 3. The first-order valence-corrected chi connectivity index (χ1v) is 15.0. The van der Waals surface area contributed by atoms with Crippen molar-refractivity contribution < 1.29 is 148 Å². The topological polar surface area (TPSA) is 102 Å². The number of carbonyl (C=O) groups excluding carboxylic acids is 2. The van der Waals surface area contributed by atoms with Crippen molar-refractivity contribution in [1.29, 1.82) is 0 Å². The first kappa shape index (κ1) is 45.8. The van der Waals surface area contributed by atoms with Crippen LogP contribution in [0.5, 0.6) is 0 Å². The van der Waals surface area contributed by atoms with Gasteiger partial charge in [-0.05, 0) is 13.8 Å². The van der Waals surface area contributed by atoms with E-state index in [2.05, 4.69) is 14.2 Å². The van der Waals surface area contributed by atoms with Crippen molar-refractivity contribution in [3.63, 3.8) is 0 Å². The van der Waals surface area contributed by atoms with Crippen LogP contribution in [0.2, 0.25) is 0 Å². The lowest BCUT2D eigenvalue weighted by Gasteiger charge is -2.72. The Morgan fingerprint density at radius 1 is 0.356 bits per heavy atom. The Bertz CT molecular complexity index is 1810. The summed E-state index contributed by atoms with van der Waals surface area (Å²) in [5, 5.41) is 19.7. The fraction of sp³-hybridized carbons (Fsp3) is 0.923. The normalized spacial score (nSPS) is 52.6. The van der Waals surface area contributed by atoms with Gasteiger partial charge < -0.3 is 24.4 Å². The number of hydrogen-bond acceptors (Lipinski definition) is 7. The smallest absolute Gasteiger partial charge is 0.340 e. The molecule has 0 aromatic rings. The fourth-order valence-electron chi connectivity index (χ4n) is 8.44. The summed E-state index contributed by atoms with van der Waals surface area (Å²) in [6.45, 7) is -0.750. The van der Waals surface area contributed by atoms with Crippen molar-refractivity contribution in [3.05, 3.63) is 0 Å². The standard InChI is InChI=1S/C26H12F26O7/c1-3(53)5(58-25(51)11(29)7(55)9(27)17(35,36)13(31,21(11,43)44)23(47,48)15(25,33)19(9,39)40)57-6(4(2)54)59-26(52)12(30)8(56)10(28)18(37,38)14(32,22(12,45)46)24(49,50)16(26,34)20(10,41)42/h3-6,53-54H,1-2H3. The highest BCUT2D eigenvalue weighted by Crippen LogP contribution is 2.87. The van der Waals surface area contributed by atoms with Crippen molar-refractivity contribution in [1.82, 2.24) is 0 Å².